The summed E-state index contributed by atoms with van der Waals surface area (Å²) in [6.45, 7) is 4.17. The van der Waals surface area contributed by atoms with Crippen molar-refractivity contribution in [2.24, 2.45) is 0 Å². The molecule has 2 aromatic rings. The Balaban J connectivity index is 2.62. The van der Waals surface area contributed by atoms with E-state index in [0.29, 0.717) is 5.65 Å². The summed E-state index contributed by atoms with van der Waals surface area (Å²) in [5, 5.41) is 13.3. The third-order valence-corrected chi connectivity index (χ3v) is 2.84. The number of carboxylic acid groups (broad SMARTS) is 1. The van der Waals surface area contributed by atoms with Crippen molar-refractivity contribution < 1.29 is 9.90 Å². The van der Waals surface area contributed by atoms with E-state index in [1.165, 1.54) is 6.20 Å². The summed E-state index contributed by atoms with van der Waals surface area (Å²) in [5.74, 6) is -0.978. The second-order valence-electron chi connectivity index (χ2n) is 4.34. The van der Waals surface area contributed by atoms with Crippen LogP contribution in [0.5, 0.6) is 0 Å². The molecule has 0 aromatic carbocycles. The van der Waals surface area contributed by atoms with Gasteiger partial charge in [-0.05, 0) is 18.9 Å². The van der Waals surface area contributed by atoms with E-state index in [4.69, 9.17) is 5.11 Å². The van der Waals surface area contributed by atoms with Gasteiger partial charge in [0.1, 0.15) is 5.56 Å². The Morgan fingerprint density at radius 3 is 2.67 bits per heavy atom. The van der Waals surface area contributed by atoms with Crippen LogP contribution in [0.1, 0.15) is 48.4 Å². The summed E-state index contributed by atoms with van der Waals surface area (Å²) < 4.78 is 1.64. The lowest BCUT2D eigenvalue weighted by molar-refractivity contribution is 0.0699. The molecule has 96 valence electrons. The highest BCUT2D eigenvalue weighted by Crippen LogP contribution is 2.15. The van der Waals surface area contributed by atoms with Gasteiger partial charge in [-0.1, -0.05) is 26.7 Å². The number of fused-ring (bicyclic) bond motifs is 1. The average Bonchev–Trinajstić information content (AvgIpc) is 2.73. The van der Waals surface area contributed by atoms with Crippen LogP contribution in [0, 0.1) is 0 Å². The van der Waals surface area contributed by atoms with Gasteiger partial charge in [0, 0.05) is 11.4 Å². The SMILES string of the molecule is CCCc1cc(CCC)n2ncc(C(=O)O)c2n1. The summed E-state index contributed by atoms with van der Waals surface area (Å²) in [5.41, 5.74) is 2.59. The molecule has 0 aliphatic heterocycles. The minimum absolute atomic E-state index is 0.172. The van der Waals surface area contributed by atoms with Gasteiger partial charge in [-0.25, -0.2) is 14.3 Å². The lowest BCUT2D eigenvalue weighted by Gasteiger charge is -2.06. The van der Waals surface area contributed by atoms with Crippen molar-refractivity contribution in [1.29, 1.82) is 0 Å². The molecule has 0 saturated carbocycles. The molecule has 5 nitrogen and oxygen atoms in total. The molecule has 0 radical (unpaired) electrons. The van der Waals surface area contributed by atoms with Crippen molar-refractivity contribution in [2.75, 3.05) is 0 Å². The molecule has 1 N–H and O–H groups in total. The first-order valence-corrected chi connectivity index (χ1v) is 6.27. The first-order chi connectivity index (χ1) is 8.67. The first-order valence-electron chi connectivity index (χ1n) is 6.27. The van der Waals surface area contributed by atoms with Crippen molar-refractivity contribution in [3.8, 4) is 0 Å². The van der Waals surface area contributed by atoms with E-state index in [2.05, 4.69) is 23.9 Å². The number of carbonyl (C=O) groups is 1. The van der Waals surface area contributed by atoms with Gasteiger partial charge < -0.3 is 5.11 Å². The molecule has 5 heteroatoms. The third kappa shape index (κ3) is 2.20. The Hall–Kier alpha value is -1.91. The van der Waals surface area contributed by atoms with Crippen LogP contribution in [-0.4, -0.2) is 25.7 Å². The fourth-order valence-electron chi connectivity index (χ4n) is 2.05. The van der Waals surface area contributed by atoms with Gasteiger partial charge in [-0.2, -0.15) is 5.10 Å². The van der Waals surface area contributed by atoms with Crippen LogP contribution in [0.2, 0.25) is 0 Å². The second kappa shape index (κ2) is 5.16. The molecule has 0 atom stereocenters. The zero-order valence-electron chi connectivity index (χ0n) is 10.7. The predicted molar refractivity (Wildman–Crippen MR) is 67.9 cm³/mol. The predicted octanol–water partition coefficient (Wildman–Crippen LogP) is 2.33. The Morgan fingerprint density at radius 2 is 2.06 bits per heavy atom. The minimum Gasteiger partial charge on any atom is -0.477 e. The van der Waals surface area contributed by atoms with Crippen LogP contribution in [0.25, 0.3) is 5.65 Å². The van der Waals surface area contributed by atoms with Gasteiger partial charge in [0.25, 0.3) is 0 Å². The van der Waals surface area contributed by atoms with Gasteiger partial charge in [-0.15, -0.1) is 0 Å². The average molecular weight is 247 g/mol. The molecular weight excluding hydrogens is 230 g/mol. The number of hydrogen-bond acceptors (Lipinski definition) is 3. The van der Waals surface area contributed by atoms with Gasteiger partial charge in [0.15, 0.2) is 5.65 Å². The highest BCUT2D eigenvalue weighted by molar-refractivity contribution is 5.94. The molecule has 0 spiro atoms. The quantitative estimate of drug-likeness (QED) is 0.880. The van der Waals surface area contributed by atoms with E-state index < -0.39 is 5.97 Å². The summed E-state index contributed by atoms with van der Waals surface area (Å²) in [6, 6.07) is 2.03. The van der Waals surface area contributed by atoms with Crippen molar-refractivity contribution in [1.82, 2.24) is 14.6 Å². The van der Waals surface area contributed by atoms with Crippen LogP contribution >= 0.6 is 0 Å². The summed E-state index contributed by atoms with van der Waals surface area (Å²) in [4.78, 5) is 15.5. The molecule has 0 unspecified atom stereocenters. The maximum atomic E-state index is 11.1. The summed E-state index contributed by atoms with van der Waals surface area (Å²) in [6.07, 6.45) is 5.09. The zero-order chi connectivity index (χ0) is 13.1. The van der Waals surface area contributed by atoms with E-state index in [-0.39, 0.29) is 5.56 Å². The van der Waals surface area contributed by atoms with Gasteiger partial charge in [0.2, 0.25) is 0 Å². The first kappa shape index (κ1) is 12.5. The monoisotopic (exact) mass is 247 g/mol. The molecule has 2 aromatic heterocycles. The smallest absolute Gasteiger partial charge is 0.341 e. The second-order valence-corrected chi connectivity index (χ2v) is 4.34. The topological polar surface area (TPSA) is 67.5 Å². The standard InChI is InChI=1S/C13H17N3O2/c1-3-5-9-7-10(6-4-2)16-12(15-9)11(8-14-16)13(17)18/h7-8H,3-6H2,1-2H3,(H,17,18). The molecule has 0 aliphatic rings. The lowest BCUT2D eigenvalue weighted by atomic mass is 10.1. The lowest BCUT2D eigenvalue weighted by Crippen LogP contribution is -2.05. The van der Waals surface area contributed by atoms with Crippen molar-refractivity contribution in [3.05, 3.63) is 29.2 Å². The number of hydrogen-bond donors (Lipinski definition) is 1. The Labute approximate surface area is 105 Å². The number of carboxylic acids is 1. The number of aryl methyl sites for hydroxylation is 2. The molecule has 2 heterocycles. The molecule has 0 saturated heterocycles. The number of aromatic carboxylic acids is 1. The van der Waals surface area contributed by atoms with E-state index in [9.17, 15) is 4.79 Å². The van der Waals surface area contributed by atoms with E-state index in [0.717, 1.165) is 37.1 Å². The molecule has 0 bridgehead atoms. The summed E-state index contributed by atoms with van der Waals surface area (Å²) in [7, 11) is 0. The molecular formula is C13H17N3O2. The molecule has 0 aliphatic carbocycles. The Bertz CT molecular complexity index is 575. The largest absolute Gasteiger partial charge is 0.477 e. The van der Waals surface area contributed by atoms with E-state index in [1.54, 1.807) is 4.52 Å². The van der Waals surface area contributed by atoms with Crippen LogP contribution in [0.15, 0.2) is 12.3 Å². The van der Waals surface area contributed by atoms with Crippen LogP contribution in [0.4, 0.5) is 0 Å². The fraction of sp³-hybridized carbons (Fsp3) is 0.462. The number of aromatic nitrogens is 3. The maximum Gasteiger partial charge on any atom is 0.341 e. The third-order valence-electron chi connectivity index (χ3n) is 2.84. The maximum absolute atomic E-state index is 11.1. The van der Waals surface area contributed by atoms with E-state index in [1.807, 2.05) is 6.07 Å². The van der Waals surface area contributed by atoms with Crippen LogP contribution in [0.3, 0.4) is 0 Å². The van der Waals surface area contributed by atoms with Crippen molar-refractivity contribution in [3.63, 3.8) is 0 Å². The van der Waals surface area contributed by atoms with Gasteiger partial charge in [0.05, 0.1) is 6.20 Å². The van der Waals surface area contributed by atoms with Crippen molar-refractivity contribution in [2.45, 2.75) is 39.5 Å². The number of rotatable bonds is 5. The summed E-state index contributed by atoms with van der Waals surface area (Å²) >= 11 is 0. The van der Waals surface area contributed by atoms with Crippen LogP contribution in [-0.2, 0) is 12.8 Å². The highest BCUT2D eigenvalue weighted by Gasteiger charge is 2.15. The molecule has 2 rings (SSSR count). The van der Waals surface area contributed by atoms with Crippen LogP contribution < -0.4 is 0 Å². The van der Waals surface area contributed by atoms with Crippen molar-refractivity contribution >= 4 is 11.6 Å². The zero-order valence-corrected chi connectivity index (χ0v) is 10.7. The van der Waals surface area contributed by atoms with E-state index >= 15 is 0 Å². The van der Waals surface area contributed by atoms with Gasteiger partial charge in [-0.3, -0.25) is 0 Å². The fourth-order valence-corrected chi connectivity index (χ4v) is 2.05. The Morgan fingerprint density at radius 1 is 1.33 bits per heavy atom. The number of nitrogens with zero attached hydrogens (tertiary/aromatic N) is 3. The molecule has 0 amide bonds. The molecule has 0 fully saturated rings. The molecule has 18 heavy (non-hydrogen) atoms. The normalized spacial score (nSPS) is 11.0. The van der Waals surface area contributed by atoms with Gasteiger partial charge >= 0.3 is 5.97 Å². The minimum atomic E-state index is -0.978. The highest BCUT2D eigenvalue weighted by atomic mass is 16.4. The Kier molecular flexibility index (Phi) is 3.60.